The molecule has 0 unspecified atom stereocenters. The second kappa shape index (κ2) is 35.9. The second-order valence-electron chi connectivity index (χ2n) is 37.9. The van der Waals surface area contributed by atoms with E-state index in [4.69, 9.17) is 0 Å². The van der Waals surface area contributed by atoms with Gasteiger partial charge in [0, 0.05) is 0 Å². The van der Waals surface area contributed by atoms with Crippen LogP contribution in [0.2, 0.25) is 0 Å². The maximum atomic E-state index is 2.42. The van der Waals surface area contributed by atoms with Gasteiger partial charge in [-0.1, -0.05) is 426 Å². The first-order valence-electron chi connectivity index (χ1n) is 41.7. The van der Waals surface area contributed by atoms with Gasteiger partial charge in [0.2, 0.25) is 0 Å². The third-order valence-electron chi connectivity index (χ3n) is 24.9. The van der Waals surface area contributed by atoms with Crippen molar-refractivity contribution in [3.63, 3.8) is 0 Å². The summed E-state index contributed by atoms with van der Waals surface area (Å²) in [6.07, 6.45) is 10.3. The number of rotatable bonds is 15. The molecule has 0 fully saturated rings. The van der Waals surface area contributed by atoms with Crippen LogP contribution >= 0.6 is 0 Å². The third kappa shape index (κ3) is 20.6. The minimum atomic E-state index is 0.186. The molecule has 0 nitrogen and oxygen atoms in total. The highest BCUT2D eigenvalue weighted by Crippen LogP contribution is 2.44. The Morgan fingerprint density at radius 2 is 0.500 bits per heavy atom. The van der Waals surface area contributed by atoms with Crippen LogP contribution in [0.15, 0.2) is 218 Å². The summed E-state index contributed by atoms with van der Waals surface area (Å²) in [7, 11) is 0. The quantitative estimate of drug-likeness (QED) is 0.0960. The van der Waals surface area contributed by atoms with Gasteiger partial charge >= 0.3 is 0 Å². The zero-order valence-electron chi connectivity index (χ0n) is 73.6. The van der Waals surface area contributed by atoms with Gasteiger partial charge in [0.25, 0.3) is 0 Å². The molecule has 0 saturated heterocycles. The number of hydrogen-bond acceptors (Lipinski definition) is 0. The summed E-state index contributed by atoms with van der Waals surface area (Å²) in [5.41, 5.74) is 19.8. The number of benzene rings is 12. The van der Waals surface area contributed by atoms with Gasteiger partial charge in [-0.2, -0.15) is 0 Å². The fraction of sp³-hybridized carbons (Fsp3) is 0.444. The van der Waals surface area contributed by atoms with Gasteiger partial charge < -0.3 is 0 Å². The zero-order chi connectivity index (χ0) is 80.2. The van der Waals surface area contributed by atoms with Gasteiger partial charge in [-0.05, 0) is 238 Å². The molecule has 0 aliphatic heterocycles. The van der Waals surface area contributed by atoms with Crippen LogP contribution < -0.4 is 0 Å². The summed E-state index contributed by atoms with van der Waals surface area (Å²) in [6.45, 7) is 69.2. The molecule has 0 heteroatoms. The van der Waals surface area contributed by atoms with Gasteiger partial charge in [-0.3, -0.25) is 0 Å². The smallest absolute Gasteiger partial charge is 0.00971 e. The lowest BCUT2D eigenvalue weighted by atomic mass is 9.71. The Balaban J connectivity index is 0.000000181. The van der Waals surface area contributed by atoms with Crippen LogP contribution in [0.3, 0.4) is 0 Å². The standard InChI is InChI=1S/3C19H26.3C17H22/c1-7-19(5,6)17-13-15(18(2,3)4)12-14-10-8-9-11-16(14)17;1-7-19(5,6)17-13-12-16(18(2,3)4)14-10-8-9-11-15(14)17;1-7-19(5,6)17-15-11-9-8-10-14(15)12-13-16(17)18(2,3)4;1-5-13-11-14-9-7-8-10-15(14)16(12-13)17(3,4)6-2;1-5-13-11-12-16(17(3,4)6-2)15-10-8-7-9-14(13)15;1-5-13-11-12-14-9-7-8-10-15(14)16(13)17(3,4)6-2/h3*8-13H,7H2,1-6H3;3*7-12H,5-6H2,1-4H3. The number of hydrogen-bond donors (Lipinski definition) is 0. The van der Waals surface area contributed by atoms with Crippen LogP contribution in [0, 0.1) is 0 Å². The molecule has 0 saturated carbocycles. The first-order chi connectivity index (χ1) is 50.6. The van der Waals surface area contributed by atoms with Crippen LogP contribution in [0.25, 0.3) is 64.6 Å². The maximum absolute atomic E-state index is 2.42. The average molecular weight is 1440 g/mol. The zero-order valence-corrected chi connectivity index (χ0v) is 73.6. The summed E-state index contributed by atoms with van der Waals surface area (Å²) >= 11 is 0. The van der Waals surface area contributed by atoms with Crippen LogP contribution in [0.5, 0.6) is 0 Å². The molecule has 0 aliphatic rings. The van der Waals surface area contributed by atoms with Crippen molar-refractivity contribution in [3.05, 3.63) is 285 Å². The monoisotopic (exact) mass is 1440 g/mol. The van der Waals surface area contributed by atoms with Gasteiger partial charge in [-0.15, -0.1) is 0 Å². The van der Waals surface area contributed by atoms with Gasteiger partial charge in [0.05, 0.1) is 0 Å². The Hall–Kier alpha value is -7.80. The van der Waals surface area contributed by atoms with Crippen molar-refractivity contribution in [3.8, 4) is 0 Å². The lowest BCUT2D eigenvalue weighted by molar-refractivity contribution is 0.484. The van der Waals surface area contributed by atoms with E-state index in [1.807, 2.05) is 0 Å². The van der Waals surface area contributed by atoms with E-state index < -0.39 is 0 Å². The van der Waals surface area contributed by atoms with E-state index in [9.17, 15) is 0 Å². The lowest BCUT2D eigenvalue weighted by Crippen LogP contribution is -2.24. The average Bonchev–Trinajstić information content (AvgIpc) is 0.778. The SMILES string of the molecule is CCC(C)(C)c1c(C(C)(C)C)ccc2ccccc12.CCC(C)(C)c1cc(C(C)(C)C)cc2ccccc12.CCC(C)(C)c1ccc(C(C)(C)C)c2ccccc12.CCc1cc(C(C)(C)CC)c2ccccc2c1.CCc1ccc(C(C)(C)CC)c2ccccc12.CCc1ccc2ccccc2c1C(C)(C)CC. The van der Waals surface area contributed by atoms with Gasteiger partial charge in [-0.25, -0.2) is 0 Å². The molecular weight excluding hydrogens is 1300 g/mol. The third-order valence-corrected chi connectivity index (χ3v) is 24.9. The topological polar surface area (TPSA) is 0 Å². The van der Waals surface area contributed by atoms with E-state index in [1.165, 1.54) is 145 Å². The van der Waals surface area contributed by atoms with E-state index in [2.05, 4.69) is 426 Å². The number of fused-ring (bicyclic) bond motifs is 6. The molecule has 0 bridgehead atoms. The Kier molecular flexibility index (Phi) is 29.1. The van der Waals surface area contributed by atoms with Crippen molar-refractivity contribution in [2.24, 2.45) is 0 Å². The van der Waals surface area contributed by atoms with E-state index in [0.717, 1.165) is 38.5 Å². The molecule has 0 aromatic heterocycles. The highest BCUT2D eigenvalue weighted by atomic mass is 14.4. The predicted molar refractivity (Wildman–Crippen MR) is 488 cm³/mol. The van der Waals surface area contributed by atoms with E-state index in [0.29, 0.717) is 0 Å². The molecule has 0 N–H and O–H groups in total. The van der Waals surface area contributed by atoms with Crippen molar-refractivity contribution >= 4 is 64.6 Å². The van der Waals surface area contributed by atoms with Crippen LogP contribution in [-0.2, 0) is 68.0 Å². The normalized spacial score (nSPS) is 12.5. The number of aryl methyl sites for hydroxylation is 3. The van der Waals surface area contributed by atoms with Crippen molar-refractivity contribution in [2.75, 3.05) is 0 Å². The van der Waals surface area contributed by atoms with Crippen LogP contribution in [-0.4, -0.2) is 0 Å². The molecule has 12 rings (SSSR count). The van der Waals surface area contributed by atoms with Crippen molar-refractivity contribution in [2.45, 2.75) is 314 Å². The molecule has 0 amide bonds. The largest absolute Gasteiger partial charge is 0.0646 e. The summed E-state index contributed by atoms with van der Waals surface area (Å²) in [4.78, 5) is 0. The first kappa shape index (κ1) is 87.4. The lowest BCUT2D eigenvalue weighted by Gasteiger charge is -2.33. The maximum Gasteiger partial charge on any atom is -0.00971 e. The molecule has 108 heavy (non-hydrogen) atoms. The fourth-order valence-corrected chi connectivity index (χ4v) is 15.4. The Labute approximate surface area is 659 Å². The van der Waals surface area contributed by atoms with Crippen LogP contribution in [0.1, 0.15) is 313 Å². The molecule has 0 atom stereocenters. The Bertz CT molecular complexity index is 4910. The van der Waals surface area contributed by atoms with Gasteiger partial charge in [0.15, 0.2) is 0 Å². The molecule has 0 aliphatic carbocycles. The molecule has 576 valence electrons. The summed E-state index contributed by atoms with van der Waals surface area (Å²) < 4.78 is 0. The van der Waals surface area contributed by atoms with Crippen molar-refractivity contribution in [1.82, 2.24) is 0 Å². The predicted octanol–water partition coefficient (Wildman–Crippen LogP) is 32.7. The molecule has 0 spiro atoms. The summed E-state index contributed by atoms with van der Waals surface area (Å²) in [6, 6.07) is 80.7. The highest BCUT2D eigenvalue weighted by molar-refractivity contribution is 5.93. The van der Waals surface area contributed by atoms with Gasteiger partial charge in [0.1, 0.15) is 0 Å². The minimum Gasteiger partial charge on any atom is -0.0646 e. The second-order valence-corrected chi connectivity index (χ2v) is 37.9. The minimum absolute atomic E-state index is 0.186. The van der Waals surface area contributed by atoms with Crippen molar-refractivity contribution < 1.29 is 0 Å². The Morgan fingerprint density at radius 3 is 0.917 bits per heavy atom. The molecule has 0 radical (unpaired) electrons. The van der Waals surface area contributed by atoms with E-state index >= 15 is 0 Å². The van der Waals surface area contributed by atoms with E-state index in [1.54, 1.807) is 5.56 Å². The highest BCUT2D eigenvalue weighted by Gasteiger charge is 2.31. The molecule has 12 aromatic carbocycles. The molecule has 0 heterocycles. The summed E-state index contributed by atoms with van der Waals surface area (Å²) in [5.74, 6) is 0. The van der Waals surface area contributed by atoms with E-state index in [-0.39, 0.29) is 48.7 Å². The van der Waals surface area contributed by atoms with Crippen molar-refractivity contribution in [1.29, 1.82) is 0 Å². The fourth-order valence-electron chi connectivity index (χ4n) is 15.4. The molecule has 12 aromatic rings. The Morgan fingerprint density at radius 1 is 0.194 bits per heavy atom. The first-order valence-corrected chi connectivity index (χ1v) is 41.7. The van der Waals surface area contributed by atoms with Crippen LogP contribution in [0.4, 0.5) is 0 Å². The summed E-state index contributed by atoms with van der Waals surface area (Å²) in [5, 5.41) is 16.8. The molecular formula is C108H144.